The van der Waals surface area contributed by atoms with Crippen molar-refractivity contribution in [1.82, 2.24) is 4.98 Å². The van der Waals surface area contributed by atoms with Crippen LogP contribution in [-0.4, -0.2) is 21.3 Å². The second-order valence-electron chi connectivity index (χ2n) is 9.42. The van der Waals surface area contributed by atoms with E-state index in [0.717, 1.165) is 36.1 Å². The molecule has 2 aliphatic carbocycles. The SMILES string of the molecule is CCC12CC(O)C(O)(c3ccccc3)CC1CCc1cc(OCc3ccncc3)ccc12. The first kappa shape index (κ1) is 21.2. The van der Waals surface area contributed by atoms with Gasteiger partial charge in [0, 0.05) is 17.8 Å². The normalized spacial score (nSPS) is 29.1. The number of benzene rings is 2. The van der Waals surface area contributed by atoms with E-state index in [-0.39, 0.29) is 5.41 Å². The molecule has 4 atom stereocenters. The number of hydrogen-bond donors (Lipinski definition) is 2. The molecule has 1 aromatic heterocycles. The number of hydrogen-bond acceptors (Lipinski definition) is 4. The summed E-state index contributed by atoms with van der Waals surface area (Å²) >= 11 is 0. The van der Waals surface area contributed by atoms with E-state index in [4.69, 9.17) is 4.74 Å². The molecule has 4 unspecified atom stereocenters. The van der Waals surface area contributed by atoms with Gasteiger partial charge in [-0.05, 0) is 84.5 Å². The predicted molar refractivity (Wildman–Crippen MR) is 124 cm³/mol. The molecule has 1 fully saturated rings. The Morgan fingerprint density at radius 3 is 2.56 bits per heavy atom. The highest BCUT2D eigenvalue weighted by molar-refractivity contribution is 5.44. The third kappa shape index (κ3) is 3.52. The Bertz CT molecular complexity index is 1070. The van der Waals surface area contributed by atoms with Gasteiger partial charge >= 0.3 is 0 Å². The Hall–Kier alpha value is -2.69. The summed E-state index contributed by atoms with van der Waals surface area (Å²) in [6, 6.07) is 20.1. The summed E-state index contributed by atoms with van der Waals surface area (Å²) in [5, 5.41) is 22.8. The van der Waals surface area contributed by atoms with Crippen molar-refractivity contribution in [2.45, 2.75) is 62.8 Å². The molecular formula is C28H31NO3. The van der Waals surface area contributed by atoms with Crippen LogP contribution in [0.25, 0.3) is 0 Å². The minimum Gasteiger partial charge on any atom is -0.489 e. The number of aromatic nitrogens is 1. The van der Waals surface area contributed by atoms with Gasteiger partial charge in [-0.2, -0.15) is 0 Å². The van der Waals surface area contributed by atoms with Gasteiger partial charge in [0.15, 0.2) is 0 Å². The van der Waals surface area contributed by atoms with Gasteiger partial charge in [-0.3, -0.25) is 4.98 Å². The molecule has 1 saturated carbocycles. The molecule has 0 aliphatic heterocycles. The van der Waals surface area contributed by atoms with Crippen LogP contribution in [0.4, 0.5) is 0 Å². The first-order valence-electron chi connectivity index (χ1n) is 11.7. The van der Waals surface area contributed by atoms with E-state index in [2.05, 4.69) is 30.1 Å². The topological polar surface area (TPSA) is 62.6 Å². The van der Waals surface area contributed by atoms with Crippen LogP contribution in [0.15, 0.2) is 73.1 Å². The fraction of sp³-hybridized carbons (Fsp3) is 0.393. The van der Waals surface area contributed by atoms with E-state index in [9.17, 15) is 10.2 Å². The highest BCUT2D eigenvalue weighted by atomic mass is 16.5. The van der Waals surface area contributed by atoms with Crippen molar-refractivity contribution in [2.75, 3.05) is 0 Å². The number of pyridine rings is 1. The van der Waals surface area contributed by atoms with Crippen LogP contribution < -0.4 is 4.74 Å². The van der Waals surface area contributed by atoms with Gasteiger partial charge in [0.25, 0.3) is 0 Å². The van der Waals surface area contributed by atoms with Gasteiger partial charge in [-0.1, -0.05) is 43.3 Å². The third-order valence-electron chi connectivity index (χ3n) is 7.88. The summed E-state index contributed by atoms with van der Waals surface area (Å²) in [7, 11) is 0. The maximum Gasteiger partial charge on any atom is 0.120 e. The molecule has 2 N–H and O–H groups in total. The molecule has 0 spiro atoms. The standard InChI is InChI=1S/C28H31NO3/c1-2-27-18-26(30)28(31,22-6-4-3-5-7-22)17-23(27)9-8-21-16-24(10-11-25(21)27)32-19-20-12-14-29-15-13-20/h3-7,10-16,23,26,30-31H,2,8-9,17-19H2,1H3. The van der Waals surface area contributed by atoms with E-state index in [1.54, 1.807) is 12.4 Å². The lowest BCUT2D eigenvalue weighted by atomic mass is 9.52. The molecule has 5 rings (SSSR count). The fourth-order valence-electron chi connectivity index (χ4n) is 6.08. The van der Waals surface area contributed by atoms with Crippen molar-refractivity contribution in [1.29, 1.82) is 0 Å². The van der Waals surface area contributed by atoms with Crippen LogP contribution in [0, 0.1) is 5.92 Å². The smallest absolute Gasteiger partial charge is 0.120 e. The Morgan fingerprint density at radius 2 is 1.81 bits per heavy atom. The van der Waals surface area contributed by atoms with Crippen LogP contribution in [0.3, 0.4) is 0 Å². The lowest BCUT2D eigenvalue weighted by molar-refractivity contribution is -0.146. The minimum absolute atomic E-state index is 0.113. The van der Waals surface area contributed by atoms with Crippen LogP contribution in [-0.2, 0) is 24.0 Å². The average molecular weight is 430 g/mol. The molecule has 0 radical (unpaired) electrons. The Morgan fingerprint density at radius 1 is 1.03 bits per heavy atom. The van der Waals surface area contributed by atoms with Crippen LogP contribution in [0.1, 0.15) is 54.9 Å². The molecule has 0 bridgehead atoms. The fourth-order valence-corrected chi connectivity index (χ4v) is 6.08. The zero-order chi connectivity index (χ0) is 22.2. The minimum atomic E-state index is -1.18. The quantitative estimate of drug-likeness (QED) is 0.605. The molecule has 1 heterocycles. The maximum atomic E-state index is 11.6. The molecule has 4 nitrogen and oxygen atoms in total. The van der Waals surface area contributed by atoms with Crippen LogP contribution in [0.2, 0.25) is 0 Å². The molecule has 3 aromatic rings. The van der Waals surface area contributed by atoms with E-state index in [1.807, 2.05) is 42.5 Å². The number of fused-ring (bicyclic) bond motifs is 3. The number of rotatable bonds is 5. The summed E-state index contributed by atoms with van der Waals surface area (Å²) < 4.78 is 6.06. The van der Waals surface area contributed by atoms with E-state index in [0.29, 0.717) is 25.4 Å². The van der Waals surface area contributed by atoms with Crippen molar-refractivity contribution in [3.8, 4) is 5.75 Å². The van der Waals surface area contributed by atoms with Gasteiger partial charge in [0.1, 0.15) is 18.0 Å². The predicted octanol–water partition coefficient (Wildman–Crippen LogP) is 4.91. The Kier molecular flexibility index (Phi) is 5.52. The molecule has 166 valence electrons. The summed E-state index contributed by atoms with van der Waals surface area (Å²) in [6.45, 7) is 2.74. The third-order valence-corrected chi connectivity index (χ3v) is 7.88. The van der Waals surface area contributed by atoms with Crippen molar-refractivity contribution < 1.29 is 14.9 Å². The molecule has 32 heavy (non-hydrogen) atoms. The molecule has 0 amide bonds. The van der Waals surface area contributed by atoms with E-state index < -0.39 is 11.7 Å². The average Bonchev–Trinajstić information content (AvgIpc) is 2.84. The summed E-state index contributed by atoms with van der Waals surface area (Å²) in [5.41, 5.74) is 3.25. The van der Waals surface area contributed by atoms with Gasteiger partial charge < -0.3 is 14.9 Å². The van der Waals surface area contributed by atoms with Gasteiger partial charge in [-0.15, -0.1) is 0 Å². The monoisotopic (exact) mass is 429 g/mol. The van der Waals surface area contributed by atoms with Crippen LogP contribution >= 0.6 is 0 Å². The number of aliphatic hydroxyl groups is 2. The molecule has 2 aromatic carbocycles. The number of ether oxygens (including phenoxy) is 1. The van der Waals surface area contributed by atoms with Gasteiger partial charge in [0.05, 0.1) is 6.10 Å². The van der Waals surface area contributed by atoms with E-state index >= 15 is 0 Å². The summed E-state index contributed by atoms with van der Waals surface area (Å²) in [4.78, 5) is 4.06. The first-order valence-corrected chi connectivity index (χ1v) is 11.7. The lowest BCUT2D eigenvalue weighted by Gasteiger charge is -2.55. The van der Waals surface area contributed by atoms with Crippen molar-refractivity contribution in [3.63, 3.8) is 0 Å². The molecule has 4 heteroatoms. The van der Waals surface area contributed by atoms with Gasteiger partial charge in [-0.25, -0.2) is 0 Å². The zero-order valence-corrected chi connectivity index (χ0v) is 18.6. The maximum absolute atomic E-state index is 11.6. The molecule has 0 saturated heterocycles. The highest BCUT2D eigenvalue weighted by Gasteiger charge is 2.55. The number of aliphatic hydroxyl groups excluding tert-OH is 1. The summed E-state index contributed by atoms with van der Waals surface area (Å²) in [5.74, 6) is 1.21. The molecular weight excluding hydrogens is 398 g/mol. The largest absolute Gasteiger partial charge is 0.489 e. The van der Waals surface area contributed by atoms with Crippen molar-refractivity contribution in [2.24, 2.45) is 5.92 Å². The Labute approximate surface area is 189 Å². The van der Waals surface area contributed by atoms with Gasteiger partial charge in [0.2, 0.25) is 0 Å². The lowest BCUT2D eigenvalue weighted by Crippen LogP contribution is -2.56. The second-order valence-corrected chi connectivity index (χ2v) is 9.42. The van der Waals surface area contributed by atoms with Crippen LogP contribution in [0.5, 0.6) is 5.75 Å². The van der Waals surface area contributed by atoms with Crippen molar-refractivity contribution in [3.05, 3.63) is 95.3 Å². The molecule has 2 aliphatic rings. The van der Waals surface area contributed by atoms with E-state index in [1.165, 1.54) is 11.1 Å². The number of aryl methyl sites for hydroxylation is 1. The Balaban J connectivity index is 1.42. The first-order chi connectivity index (χ1) is 15.5. The number of nitrogens with zero attached hydrogens (tertiary/aromatic N) is 1. The van der Waals surface area contributed by atoms with Crippen molar-refractivity contribution >= 4 is 0 Å². The summed E-state index contributed by atoms with van der Waals surface area (Å²) in [6.07, 6.45) is 6.85. The zero-order valence-electron chi connectivity index (χ0n) is 18.6. The second kappa shape index (κ2) is 8.34. The highest BCUT2D eigenvalue weighted by Crippen LogP contribution is 2.56.